The Labute approximate surface area is 169 Å². The van der Waals surface area contributed by atoms with Gasteiger partial charge in [0.1, 0.15) is 5.69 Å². The average Bonchev–Trinajstić information content (AvgIpc) is 3.16. The molecule has 1 aromatic carbocycles. The predicted octanol–water partition coefficient (Wildman–Crippen LogP) is 3.76. The molecule has 2 aromatic rings. The van der Waals surface area contributed by atoms with Crippen LogP contribution in [0.25, 0.3) is 0 Å². The average molecular weight is 455 g/mol. The van der Waals surface area contributed by atoms with E-state index in [4.69, 9.17) is 0 Å². The van der Waals surface area contributed by atoms with Crippen molar-refractivity contribution in [2.45, 2.75) is 56.9 Å². The third-order valence-electron chi connectivity index (χ3n) is 4.85. The van der Waals surface area contributed by atoms with Gasteiger partial charge in [-0.1, -0.05) is 18.2 Å². The molecule has 0 unspecified atom stereocenters. The molecule has 0 bridgehead atoms. The summed E-state index contributed by atoms with van der Waals surface area (Å²) < 4.78 is 105. The number of hydrogen-bond donors (Lipinski definition) is 1. The number of sulfonamides is 1. The Morgan fingerprint density at radius 3 is 2.27 bits per heavy atom. The van der Waals surface area contributed by atoms with Crippen molar-refractivity contribution in [3.8, 4) is 0 Å². The van der Waals surface area contributed by atoms with Crippen LogP contribution in [0.1, 0.15) is 41.9 Å². The molecular formula is C18H19F6N3O2S. The van der Waals surface area contributed by atoms with E-state index in [1.807, 2.05) is 0 Å². The van der Waals surface area contributed by atoms with Gasteiger partial charge in [-0.2, -0.15) is 31.4 Å². The molecule has 0 amide bonds. The summed E-state index contributed by atoms with van der Waals surface area (Å²) in [6.45, 7) is 2.58. The Balaban J connectivity index is 1.83. The number of alkyl halides is 6. The lowest BCUT2D eigenvalue weighted by molar-refractivity contribution is -0.144. The van der Waals surface area contributed by atoms with Gasteiger partial charge in [0, 0.05) is 12.1 Å². The fourth-order valence-electron chi connectivity index (χ4n) is 3.30. The van der Waals surface area contributed by atoms with E-state index in [9.17, 15) is 34.8 Å². The summed E-state index contributed by atoms with van der Waals surface area (Å²) in [6.07, 6.45) is -9.22. The maximum Gasteiger partial charge on any atom is 0.435 e. The van der Waals surface area contributed by atoms with Crippen molar-refractivity contribution >= 4 is 10.0 Å². The number of halogens is 6. The first-order valence-electron chi connectivity index (χ1n) is 9.01. The molecule has 1 aliphatic rings. The van der Waals surface area contributed by atoms with Gasteiger partial charge >= 0.3 is 12.4 Å². The van der Waals surface area contributed by atoms with Crippen LogP contribution in [-0.4, -0.2) is 29.5 Å². The summed E-state index contributed by atoms with van der Waals surface area (Å²) in [4.78, 5) is 0. The van der Waals surface area contributed by atoms with Crippen LogP contribution < -0.4 is 4.72 Å². The molecule has 0 fully saturated rings. The van der Waals surface area contributed by atoms with Crippen molar-refractivity contribution in [1.29, 1.82) is 0 Å². The normalized spacial score (nSPS) is 17.6. The molecule has 12 heteroatoms. The number of fused-ring (bicyclic) bond motifs is 1. The van der Waals surface area contributed by atoms with Gasteiger partial charge in [-0.25, -0.2) is 13.1 Å². The molecule has 1 N–H and O–H groups in total. The van der Waals surface area contributed by atoms with Gasteiger partial charge in [-0.05, 0) is 43.4 Å². The van der Waals surface area contributed by atoms with Gasteiger partial charge in [0.15, 0.2) is 5.69 Å². The summed E-state index contributed by atoms with van der Waals surface area (Å²) in [5.74, 6) is 0. The van der Waals surface area contributed by atoms with Gasteiger partial charge in [0.05, 0.1) is 11.8 Å². The number of hydrogen-bond acceptors (Lipinski definition) is 3. The van der Waals surface area contributed by atoms with Gasteiger partial charge < -0.3 is 0 Å². The Hall–Kier alpha value is -2.08. The van der Waals surface area contributed by atoms with Crippen LogP contribution in [0.15, 0.2) is 24.3 Å². The highest BCUT2D eigenvalue weighted by molar-refractivity contribution is 7.90. The molecule has 1 heterocycles. The van der Waals surface area contributed by atoms with Crippen molar-refractivity contribution in [1.82, 2.24) is 14.5 Å². The maximum atomic E-state index is 13.2. The zero-order chi connectivity index (χ0) is 22.5. The maximum absolute atomic E-state index is 13.2. The summed E-state index contributed by atoms with van der Waals surface area (Å²) in [6, 6.07) is 4.34. The predicted molar refractivity (Wildman–Crippen MR) is 96.2 cm³/mol. The highest BCUT2D eigenvalue weighted by Crippen LogP contribution is 2.35. The van der Waals surface area contributed by atoms with E-state index in [0.29, 0.717) is 23.1 Å². The van der Waals surface area contributed by atoms with Crippen molar-refractivity contribution < 1.29 is 34.8 Å². The molecule has 166 valence electrons. The van der Waals surface area contributed by atoms with E-state index < -0.39 is 45.6 Å². The summed E-state index contributed by atoms with van der Waals surface area (Å²) in [5, 5.41) is 2.49. The minimum absolute atomic E-state index is 0.00983. The van der Waals surface area contributed by atoms with Crippen LogP contribution in [0.2, 0.25) is 0 Å². The SMILES string of the molecule is CC(C)S(=O)(=O)N[C@H]1Cc2ccc(Cn3nc(C(F)(F)F)cc3C(F)(F)F)cc2C1. The Morgan fingerprint density at radius 2 is 1.70 bits per heavy atom. The van der Waals surface area contributed by atoms with Gasteiger partial charge in [-0.3, -0.25) is 4.68 Å². The third kappa shape index (κ3) is 4.80. The quantitative estimate of drug-likeness (QED) is 0.699. The standard InChI is InChI=1S/C18H19F6N3O2S/c1-10(2)30(28,29)26-14-6-12-4-3-11(5-13(12)7-14)9-27-16(18(22,23)24)8-15(25-27)17(19,20)21/h3-5,8,10,14,26H,6-7,9H2,1-2H3/t14-/m0/s1. The van der Waals surface area contributed by atoms with E-state index in [0.717, 1.165) is 11.1 Å². The van der Waals surface area contributed by atoms with Crippen molar-refractivity contribution in [2.75, 3.05) is 0 Å². The number of benzene rings is 1. The number of nitrogens with one attached hydrogen (secondary N) is 1. The van der Waals surface area contributed by atoms with E-state index >= 15 is 0 Å². The van der Waals surface area contributed by atoms with Gasteiger partial charge in [0.2, 0.25) is 10.0 Å². The molecule has 3 rings (SSSR count). The molecule has 0 aliphatic heterocycles. The van der Waals surface area contributed by atoms with Crippen molar-refractivity contribution in [2.24, 2.45) is 0 Å². The fourth-order valence-corrected chi connectivity index (χ4v) is 4.20. The zero-order valence-corrected chi connectivity index (χ0v) is 16.8. The molecule has 5 nitrogen and oxygen atoms in total. The Morgan fingerprint density at radius 1 is 1.07 bits per heavy atom. The summed E-state index contributed by atoms with van der Waals surface area (Å²) >= 11 is 0. The molecule has 1 aliphatic carbocycles. The molecule has 0 radical (unpaired) electrons. The number of nitrogens with zero attached hydrogens (tertiary/aromatic N) is 2. The Kier molecular flexibility index (Phi) is 5.69. The lowest BCUT2D eigenvalue weighted by Gasteiger charge is -2.14. The number of rotatable bonds is 5. The zero-order valence-electron chi connectivity index (χ0n) is 16.0. The van der Waals surface area contributed by atoms with Crippen LogP contribution in [0, 0.1) is 0 Å². The van der Waals surface area contributed by atoms with E-state index in [2.05, 4.69) is 9.82 Å². The first-order valence-corrected chi connectivity index (χ1v) is 10.6. The highest BCUT2D eigenvalue weighted by Gasteiger charge is 2.41. The fraction of sp³-hybridized carbons (Fsp3) is 0.500. The first-order chi connectivity index (χ1) is 13.7. The van der Waals surface area contributed by atoms with Gasteiger partial charge in [-0.15, -0.1) is 0 Å². The second-order valence-electron chi connectivity index (χ2n) is 7.49. The smallest absolute Gasteiger partial charge is 0.255 e. The molecule has 0 saturated heterocycles. The molecule has 30 heavy (non-hydrogen) atoms. The van der Waals surface area contributed by atoms with E-state index in [1.54, 1.807) is 26.0 Å². The molecule has 0 saturated carbocycles. The second kappa shape index (κ2) is 7.56. The lowest BCUT2D eigenvalue weighted by atomic mass is 10.1. The number of aromatic nitrogens is 2. The molecular weight excluding hydrogens is 436 g/mol. The van der Waals surface area contributed by atoms with Gasteiger partial charge in [0.25, 0.3) is 0 Å². The second-order valence-corrected chi connectivity index (χ2v) is 9.76. The van der Waals surface area contributed by atoms with Crippen LogP contribution in [0.5, 0.6) is 0 Å². The molecule has 1 atom stereocenters. The first kappa shape index (κ1) is 22.6. The van der Waals surface area contributed by atoms with Crippen LogP contribution >= 0.6 is 0 Å². The highest BCUT2D eigenvalue weighted by atomic mass is 32.2. The minimum atomic E-state index is -5.00. The lowest BCUT2D eigenvalue weighted by Crippen LogP contribution is -2.39. The summed E-state index contributed by atoms with van der Waals surface area (Å²) in [7, 11) is -3.49. The van der Waals surface area contributed by atoms with Crippen molar-refractivity contribution in [3.63, 3.8) is 0 Å². The molecule has 0 spiro atoms. The van der Waals surface area contributed by atoms with Crippen molar-refractivity contribution in [3.05, 3.63) is 52.3 Å². The van der Waals surface area contributed by atoms with E-state index in [1.165, 1.54) is 6.07 Å². The Bertz CT molecular complexity index is 1040. The van der Waals surface area contributed by atoms with Crippen LogP contribution in [0.3, 0.4) is 0 Å². The van der Waals surface area contributed by atoms with Crippen LogP contribution in [0.4, 0.5) is 26.3 Å². The topological polar surface area (TPSA) is 64.0 Å². The van der Waals surface area contributed by atoms with E-state index in [-0.39, 0.29) is 12.1 Å². The minimum Gasteiger partial charge on any atom is -0.255 e. The monoisotopic (exact) mass is 455 g/mol. The van der Waals surface area contributed by atoms with Crippen LogP contribution in [-0.2, 0) is 41.8 Å². The summed E-state index contributed by atoms with van der Waals surface area (Å²) in [5.41, 5.74) is -1.19. The molecule has 1 aromatic heterocycles. The largest absolute Gasteiger partial charge is 0.435 e. The third-order valence-corrected chi connectivity index (χ3v) is 6.75.